The van der Waals surface area contributed by atoms with Gasteiger partial charge in [0.05, 0.1) is 11.8 Å². The number of fused-ring (bicyclic) bond motifs is 5. The van der Waals surface area contributed by atoms with Gasteiger partial charge in [-0.3, -0.25) is 19.3 Å². The molecule has 0 unspecified atom stereocenters. The topological polar surface area (TPSA) is 92.8 Å². The van der Waals surface area contributed by atoms with Crippen LogP contribution in [0.25, 0.3) is 0 Å². The molecule has 2 bridgehead atoms. The average molecular weight is 427 g/mol. The van der Waals surface area contributed by atoms with Crippen molar-refractivity contribution in [2.24, 2.45) is 29.6 Å². The van der Waals surface area contributed by atoms with Crippen LogP contribution in [-0.2, 0) is 23.9 Å². The molecule has 5 atom stereocenters. The first-order chi connectivity index (χ1) is 14.7. The van der Waals surface area contributed by atoms with Crippen molar-refractivity contribution in [3.63, 3.8) is 0 Å². The summed E-state index contributed by atoms with van der Waals surface area (Å²) in [6.45, 7) is 6.87. The van der Waals surface area contributed by atoms with E-state index < -0.39 is 24.5 Å². The van der Waals surface area contributed by atoms with Crippen LogP contribution in [-0.4, -0.2) is 41.2 Å². The summed E-state index contributed by atoms with van der Waals surface area (Å²) in [6, 6.07) is 4.67. The lowest BCUT2D eigenvalue weighted by Gasteiger charge is -2.28. The number of para-hydroxylation sites is 1. The lowest BCUT2D eigenvalue weighted by Crippen LogP contribution is -2.50. The molecule has 1 aromatic carbocycles. The van der Waals surface area contributed by atoms with Crippen molar-refractivity contribution < 1.29 is 23.9 Å². The Morgan fingerprint density at radius 3 is 2.13 bits per heavy atom. The summed E-state index contributed by atoms with van der Waals surface area (Å²) in [5.74, 6) is -2.01. The van der Waals surface area contributed by atoms with Crippen LogP contribution >= 0.6 is 0 Å². The van der Waals surface area contributed by atoms with E-state index in [1.807, 2.05) is 32.0 Å². The predicted octanol–water partition coefficient (Wildman–Crippen LogP) is 2.84. The van der Waals surface area contributed by atoms with Gasteiger partial charge in [0, 0.05) is 5.69 Å². The van der Waals surface area contributed by atoms with Gasteiger partial charge in [-0.2, -0.15) is 0 Å². The molecule has 4 rings (SSSR count). The first kappa shape index (κ1) is 21.5. The average Bonchev–Trinajstić information content (AvgIpc) is 3.39. The first-order valence-electron chi connectivity index (χ1n) is 11.1. The van der Waals surface area contributed by atoms with Gasteiger partial charge in [-0.05, 0) is 62.0 Å². The zero-order valence-electron chi connectivity index (χ0n) is 18.5. The maximum Gasteiger partial charge on any atom is 0.330 e. The number of benzene rings is 1. The number of nitrogens with zero attached hydrogens (tertiary/aromatic N) is 1. The zero-order chi connectivity index (χ0) is 22.4. The van der Waals surface area contributed by atoms with E-state index >= 15 is 0 Å². The Kier molecular flexibility index (Phi) is 5.62. The Balaban J connectivity index is 1.43. The van der Waals surface area contributed by atoms with Crippen molar-refractivity contribution in [3.05, 3.63) is 29.3 Å². The van der Waals surface area contributed by atoms with E-state index in [1.54, 1.807) is 13.8 Å². The Morgan fingerprint density at radius 2 is 1.61 bits per heavy atom. The van der Waals surface area contributed by atoms with Crippen LogP contribution in [0.3, 0.4) is 0 Å². The maximum absolute atomic E-state index is 13.1. The highest BCUT2D eigenvalue weighted by atomic mass is 16.5. The lowest BCUT2D eigenvalue weighted by atomic mass is 9.81. The minimum Gasteiger partial charge on any atom is -0.454 e. The van der Waals surface area contributed by atoms with E-state index in [2.05, 4.69) is 5.32 Å². The number of carbonyl (C=O) groups is 4. The number of imide groups is 1. The molecule has 3 fully saturated rings. The van der Waals surface area contributed by atoms with Crippen molar-refractivity contribution in [1.82, 2.24) is 4.90 Å². The van der Waals surface area contributed by atoms with Crippen LogP contribution < -0.4 is 5.32 Å². The number of hydrogen-bond donors (Lipinski definition) is 1. The number of aryl methyl sites for hydroxylation is 2. The molecule has 7 nitrogen and oxygen atoms in total. The van der Waals surface area contributed by atoms with E-state index in [9.17, 15) is 19.2 Å². The first-order valence-corrected chi connectivity index (χ1v) is 11.1. The number of nitrogens with one attached hydrogen (secondary N) is 1. The van der Waals surface area contributed by atoms with Gasteiger partial charge < -0.3 is 10.1 Å². The second kappa shape index (κ2) is 8.09. The molecule has 166 valence electrons. The van der Waals surface area contributed by atoms with E-state index in [0.29, 0.717) is 5.69 Å². The van der Waals surface area contributed by atoms with Gasteiger partial charge in [0.25, 0.3) is 5.91 Å². The number of hydrogen-bond acceptors (Lipinski definition) is 5. The minimum absolute atomic E-state index is 0.238. The van der Waals surface area contributed by atoms with Gasteiger partial charge in [-0.1, -0.05) is 32.0 Å². The number of amides is 3. The smallest absolute Gasteiger partial charge is 0.330 e. The Bertz CT molecular complexity index is 892. The van der Waals surface area contributed by atoms with Crippen molar-refractivity contribution in [1.29, 1.82) is 0 Å². The highest BCUT2D eigenvalue weighted by Crippen LogP contribution is 2.56. The fraction of sp³-hybridized carbons (Fsp3) is 0.583. The third-order valence-corrected chi connectivity index (χ3v) is 7.20. The summed E-state index contributed by atoms with van der Waals surface area (Å²) in [7, 11) is 0. The molecular formula is C24H30N2O5. The van der Waals surface area contributed by atoms with Crippen LogP contribution in [0, 0.1) is 43.4 Å². The molecule has 1 saturated heterocycles. The van der Waals surface area contributed by atoms with Crippen molar-refractivity contribution in [2.75, 3.05) is 11.9 Å². The number of likely N-dealkylation sites (tertiary alicyclic amines) is 1. The van der Waals surface area contributed by atoms with Crippen molar-refractivity contribution >= 4 is 29.4 Å². The van der Waals surface area contributed by atoms with Crippen LogP contribution in [0.2, 0.25) is 0 Å². The molecule has 1 aromatic rings. The Labute approximate surface area is 182 Å². The molecule has 0 spiro atoms. The highest BCUT2D eigenvalue weighted by Gasteiger charge is 2.62. The highest BCUT2D eigenvalue weighted by molar-refractivity contribution is 6.08. The van der Waals surface area contributed by atoms with Crippen LogP contribution in [0.15, 0.2) is 18.2 Å². The molecule has 3 aliphatic rings. The summed E-state index contributed by atoms with van der Waals surface area (Å²) < 4.78 is 5.28. The van der Waals surface area contributed by atoms with Crippen LogP contribution in [0.1, 0.15) is 44.2 Å². The summed E-state index contributed by atoms with van der Waals surface area (Å²) in [6.07, 6.45) is 2.90. The molecule has 7 heteroatoms. The predicted molar refractivity (Wildman–Crippen MR) is 114 cm³/mol. The quantitative estimate of drug-likeness (QED) is 0.558. The second-order valence-corrected chi connectivity index (χ2v) is 9.54. The number of carbonyl (C=O) groups excluding carboxylic acids is 4. The fourth-order valence-corrected chi connectivity index (χ4v) is 5.79. The zero-order valence-corrected chi connectivity index (χ0v) is 18.5. The van der Waals surface area contributed by atoms with Crippen LogP contribution in [0.5, 0.6) is 0 Å². The van der Waals surface area contributed by atoms with Gasteiger partial charge in [0.1, 0.15) is 6.04 Å². The lowest BCUT2D eigenvalue weighted by molar-refractivity contribution is -0.162. The molecule has 1 heterocycles. The molecule has 31 heavy (non-hydrogen) atoms. The number of anilines is 1. The van der Waals surface area contributed by atoms with E-state index in [1.165, 1.54) is 0 Å². The van der Waals surface area contributed by atoms with Crippen molar-refractivity contribution in [3.8, 4) is 0 Å². The molecule has 1 aliphatic heterocycles. The third kappa shape index (κ3) is 3.64. The van der Waals surface area contributed by atoms with Crippen LogP contribution in [0.4, 0.5) is 5.69 Å². The van der Waals surface area contributed by atoms with E-state index in [4.69, 9.17) is 4.74 Å². The number of esters is 1. The Hall–Kier alpha value is -2.70. The molecule has 1 N–H and O–H groups in total. The Morgan fingerprint density at radius 1 is 1.06 bits per heavy atom. The molecule has 2 saturated carbocycles. The van der Waals surface area contributed by atoms with Gasteiger partial charge in [-0.25, -0.2) is 4.79 Å². The van der Waals surface area contributed by atoms with E-state index in [0.717, 1.165) is 35.3 Å². The standard InChI is InChI=1S/C24H30N2O5/c1-12(2)21(26-22(28)18-15-8-9-16(10-15)19(18)23(26)29)24(30)31-11-17(27)25-20-13(3)6-5-7-14(20)4/h5-7,12,15-16,18-19,21H,8-11H2,1-4H3,(H,25,27)/t15-,16-,18+,19+,21-/m0/s1. The van der Waals surface area contributed by atoms with Gasteiger partial charge in [0.15, 0.2) is 6.61 Å². The largest absolute Gasteiger partial charge is 0.454 e. The molecule has 0 aromatic heterocycles. The summed E-state index contributed by atoms with van der Waals surface area (Å²) in [5.41, 5.74) is 2.51. The molecule has 3 amide bonds. The number of ether oxygens (including phenoxy) is 1. The monoisotopic (exact) mass is 426 g/mol. The summed E-state index contributed by atoms with van der Waals surface area (Å²) in [5, 5.41) is 2.78. The van der Waals surface area contributed by atoms with Gasteiger partial charge in [0.2, 0.25) is 11.8 Å². The minimum atomic E-state index is -1.00. The van der Waals surface area contributed by atoms with Crippen molar-refractivity contribution in [2.45, 2.75) is 53.0 Å². The molecule has 0 radical (unpaired) electrons. The SMILES string of the molecule is Cc1cccc(C)c1NC(=O)COC(=O)[C@H](C(C)C)N1C(=O)[C@@H]2[C@H]3CC[C@@H](C3)[C@H]2C1=O. The summed E-state index contributed by atoms with van der Waals surface area (Å²) in [4.78, 5) is 52.7. The third-order valence-electron chi connectivity index (χ3n) is 7.20. The molecular weight excluding hydrogens is 396 g/mol. The maximum atomic E-state index is 13.1. The summed E-state index contributed by atoms with van der Waals surface area (Å²) >= 11 is 0. The van der Waals surface area contributed by atoms with E-state index in [-0.39, 0.29) is 41.4 Å². The fourth-order valence-electron chi connectivity index (χ4n) is 5.79. The number of rotatable bonds is 6. The van der Waals surface area contributed by atoms with Gasteiger partial charge in [-0.15, -0.1) is 0 Å². The normalized spacial score (nSPS) is 27.6. The second-order valence-electron chi connectivity index (χ2n) is 9.54. The van der Waals surface area contributed by atoms with Gasteiger partial charge >= 0.3 is 5.97 Å². The molecule has 2 aliphatic carbocycles.